The number of aryl methyl sites for hydroxylation is 1. The van der Waals surface area contributed by atoms with Gasteiger partial charge < -0.3 is 19.9 Å². The van der Waals surface area contributed by atoms with Crippen molar-refractivity contribution < 1.29 is 28.4 Å². The molecule has 3 rings (SSSR count). The maximum atomic E-state index is 12.9. The van der Waals surface area contributed by atoms with Crippen LogP contribution in [0.1, 0.15) is 48.7 Å². The number of ether oxygens (including phenoxy) is 1. The summed E-state index contributed by atoms with van der Waals surface area (Å²) in [5, 5.41) is 9.30. The van der Waals surface area contributed by atoms with Crippen molar-refractivity contribution in [2.45, 2.75) is 45.6 Å². The highest BCUT2D eigenvalue weighted by Crippen LogP contribution is 2.17. The van der Waals surface area contributed by atoms with Crippen LogP contribution in [0.5, 0.6) is 0 Å². The van der Waals surface area contributed by atoms with Crippen LogP contribution in [0.25, 0.3) is 0 Å². The predicted molar refractivity (Wildman–Crippen MR) is 120 cm³/mol. The van der Waals surface area contributed by atoms with Crippen molar-refractivity contribution in [2.75, 3.05) is 29.9 Å². The van der Waals surface area contributed by atoms with Gasteiger partial charge in [-0.15, -0.1) is 0 Å². The Balaban J connectivity index is 1.56. The highest BCUT2D eigenvalue weighted by molar-refractivity contribution is 6.01. The van der Waals surface area contributed by atoms with Gasteiger partial charge in [0.05, 0.1) is 6.10 Å². The maximum absolute atomic E-state index is 12.9. The summed E-state index contributed by atoms with van der Waals surface area (Å²) >= 11 is 0. The van der Waals surface area contributed by atoms with Crippen molar-refractivity contribution in [1.29, 1.82) is 0 Å². The van der Waals surface area contributed by atoms with Gasteiger partial charge in [0.15, 0.2) is 11.6 Å². The molecule has 0 aliphatic carbocycles. The number of ketones is 1. The third-order valence-corrected chi connectivity index (χ3v) is 5.16. The summed E-state index contributed by atoms with van der Waals surface area (Å²) in [7, 11) is 0. The van der Waals surface area contributed by atoms with E-state index in [1.807, 2.05) is 0 Å². The van der Waals surface area contributed by atoms with Crippen LogP contribution in [0.15, 0.2) is 34.9 Å². The van der Waals surface area contributed by atoms with Gasteiger partial charge >= 0.3 is 0 Å². The molecule has 1 aliphatic rings. The number of Topliss-reactive ketones (excluding diaryl/α,β-unsaturated/α-hetero) is 1. The van der Waals surface area contributed by atoms with Crippen LogP contribution in [0.3, 0.4) is 0 Å². The van der Waals surface area contributed by atoms with Gasteiger partial charge in [0, 0.05) is 43.3 Å². The van der Waals surface area contributed by atoms with Gasteiger partial charge in [-0.25, -0.2) is 0 Å². The van der Waals surface area contributed by atoms with Crippen molar-refractivity contribution in [3.63, 3.8) is 0 Å². The minimum absolute atomic E-state index is 0.0161. The predicted octanol–water partition coefficient (Wildman–Crippen LogP) is 2.23. The van der Waals surface area contributed by atoms with E-state index in [4.69, 9.17) is 9.26 Å². The quantitative estimate of drug-likeness (QED) is 0.524. The summed E-state index contributed by atoms with van der Waals surface area (Å²) in [6.07, 6.45) is 1.59. The zero-order chi connectivity index (χ0) is 23.8. The number of carbonyl (C=O) groups is 4. The largest absolute Gasteiger partial charge is 0.376 e. The van der Waals surface area contributed by atoms with E-state index >= 15 is 0 Å². The molecule has 1 fully saturated rings. The molecule has 10 nitrogen and oxygen atoms in total. The summed E-state index contributed by atoms with van der Waals surface area (Å²) in [4.78, 5) is 50.3. The Morgan fingerprint density at radius 2 is 1.97 bits per heavy atom. The highest BCUT2D eigenvalue weighted by Gasteiger charge is 2.24. The van der Waals surface area contributed by atoms with E-state index < -0.39 is 5.91 Å². The SMILES string of the molecule is CC(=O)c1cccc(NC(=O)CCC(=O)N(CC(=O)NC[C@@H]2CCCO2)c2cc(C)on2)c1. The zero-order valence-electron chi connectivity index (χ0n) is 18.8. The molecular formula is C23H28N4O6. The normalized spacial score (nSPS) is 15.2. The third kappa shape index (κ3) is 7.25. The Morgan fingerprint density at radius 3 is 2.64 bits per heavy atom. The number of anilines is 2. The van der Waals surface area contributed by atoms with E-state index in [0.717, 1.165) is 12.8 Å². The molecule has 1 atom stereocenters. The molecule has 1 aromatic carbocycles. The fourth-order valence-corrected chi connectivity index (χ4v) is 3.40. The number of carbonyl (C=O) groups excluding carboxylic acids is 4. The third-order valence-electron chi connectivity index (χ3n) is 5.16. The number of hydrogen-bond acceptors (Lipinski definition) is 7. The number of hydrogen-bond donors (Lipinski definition) is 2. The van der Waals surface area contributed by atoms with Crippen molar-refractivity contribution in [2.24, 2.45) is 0 Å². The monoisotopic (exact) mass is 456 g/mol. The van der Waals surface area contributed by atoms with Crippen molar-refractivity contribution >= 4 is 35.0 Å². The molecular weight excluding hydrogens is 428 g/mol. The minimum Gasteiger partial charge on any atom is -0.376 e. The summed E-state index contributed by atoms with van der Waals surface area (Å²) in [5.41, 5.74) is 0.947. The molecule has 176 valence electrons. The lowest BCUT2D eigenvalue weighted by Gasteiger charge is -2.20. The van der Waals surface area contributed by atoms with Crippen molar-refractivity contribution in [3.8, 4) is 0 Å². The molecule has 2 aromatic rings. The molecule has 0 radical (unpaired) electrons. The molecule has 1 aliphatic heterocycles. The molecule has 1 saturated heterocycles. The molecule has 3 amide bonds. The van der Waals surface area contributed by atoms with Crippen LogP contribution in [0, 0.1) is 6.92 Å². The van der Waals surface area contributed by atoms with Gasteiger partial charge in [0.25, 0.3) is 0 Å². The second-order valence-corrected chi connectivity index (χ2v) is 7.90. The molecule has 2 heterocycles. The average Bonchev–Trinajstić information content (AvgIpc) is 3.46. The van der Waals surface area contributed by atoms with Crippen LogP contribution < -0.4 is 15.5 Å². The second kappa shape index (κ2) is 11.4. The Labute approximate surface area is 191 Å². The number of aromatic nitrogens is 1. The zero-order valence-corrected chi connectivity index (χ0v) is 18.8. The molecule has 0 spiro atoms. The molecule has 2 N–H and O–H groups in total. The van der Waals surface area contributed by atoms with E-state index in [0.29, 0.717) is 30.2 Å². The van der Waals surface area contributed by atoms with E-state index in [1.165, 1.54) is 11.8 Å². The van der Waals surface area contributed by atoms with E-state index in [9.17, 15) is 19.2 Å². The van der Waals surface area contributed by atoms with E-state index in [2.05, 4.69) is 15.8 Å². The number of amides is 3. The molecule has 1 aromatic heterocycles. The van der Waals surface area contributed by atoms with Gasteiger partial charge in [-0.1, -0.05) is 17.3 Å². The van der Waals surface area contributed by atoms with Gasteiger partial charge in [0.2, 0.25) is 17.7 Å². The van der Waals surface area contributed by atoms with Crippen LogP contribution in [-0.2, 0) is 19.1 Å². The Kier molecular flexibility index (Phi) is 8.31. The first-order valence-corrected chi connectivity index (χ1v) is 10.8. The second-order valence-electron chi connectivity index (χ2n) is 7.90. The molecule has 10 heteroatoms. The van der Waals surface area contributed by atoms with Gasteiger partial charge in [-0.05, 0) is 38.8 Å². The lowest BCUT2D eigenvalue weighted by atomic mass is 10.1. The molecule has 0 bridgehead atoms. The van der Waals surface area contributed by atoms with Crippen LogP contribution >= 0.6 is 0 Å². The Morgan fingerprint density at radius 1 is 1.15 bits per heavy atom. The lowest BCUT2D eigenvalue weighted by molar-refractivity contribution is -0.125. The molecule has 0 unspecified atom stereocenters. The van der Waals surface area contributed by atoms with Gasteiger partial charge in [-0.3, -0.25) is 24.1 Å². The van der Waals surface area contributed by atoms with Crippen LogP contribution in [0.2, 0.25) is 0 Å². The Hall–Kier alpha value is -3.53. The summed E-state index contributed by atoms with van der Waals surface area (Å²) in [6, 6.07) is 8.11. The highest BCUT2D eigenvalue weighted by atomic mass is 16.5. The first-order chi connectivity index (χ1) is 15.8. The summed E-state index contributed by atoms with van der Waals surface area (Å²) in [6.45, 7) is 3.93. The number of benzene rings is 1. The Bertz CT molecular complexity index is 1010. The fraction of sp³-hybridized carbons (Fsp3) is 0.435. The van der Waals surface area contributed by atoms with Crippen LogP contribution in [-0.4, -0.2) is 54.5 Å². The van der Waals surface area contributed by atoms with Crippen molar-refractivity contribution in [3.05, 3.63) is 41.7 Å². The standard InChI is InChI=1S/C23H28N4O6/c1-15-11-20(26-33-15)27(14-22(30)24-13-19-7-4-10-32-19)23(31)9-8-21(29)25-18-6-3-5-17(12-18)16(2)28/h3,5-6,11-12,19H,4,7-10,13-14H2,1-2H3,(H,24,30)(H,25,29)/t19-/m0/s1. The smallest absolute Gasteiger partial charge is 0.240 e. The van der Waals surface area contributed by atoms with E-state index in [1.54, 1.807) is 37.3 Å². The fourth-order valence-electron chi connectivity index (χ4n) is 3.40. The average molecular weight is 456 g/mol. The first-order valence-electron chi connectivity index (χ1n) is 10.8. The number of nitrogens with zero attached hydrogens (tertiary/aromatic N) is 2. The number of rotatable bonds is 10. The minimum atomic E-state index is -0.441. The van der Waals surface area contributed by atoms with E-state index in [-0.39, 0.29) is 48.9 Å². The first kappa shape index (κ1) is 24.1. The maximum Gasteiger partial charge on any atom is 0.240 e. The van der Waals surface area contributed by atoms with Gasteiger partial charge in [-0.2, -0.15) is 0 Å². The molecule has 0 saturated carbocycles. The van der Waals surface area contributed by atoms with Gasteiger partial charge in [0.1, 0.15) is 12.3 Å². The van der Waals surface area contributed by atoms with Crippen molar-refractivity contribution in [1.82, 2.24) is 10.5 Å². The van der Waals surface area contributed by atoms with Crippen LogP contribution in [0.4, 0.5) is 11.5 Å². The summed E-state index contributed by atoms with van der Waals surface area (Å²) < 4.78 is 10.5. The topological polar surface area (TPSA) is 131 Å². The molecule has 33 heavy (non-hydrogen) atoms. The summed E-state index contributed by atoms with van der Waals surface area (Å²) in [5.74, 6) is -0.598. The lowest BCUT2D eigenvalue weighted by Crippen LogP contribution is -2.43. The number of nitrogens with one attached hydrogen (secondary N) is 2.